The molecule has 0 aromatic heterocycles. The third-order valence-corrected chi connectivity index (χ3v) is 3.06. The van der Waals surface area contributed by atoms with E-state index in [2.05, 4.69) is 0 Å². The molecule has 2 rings (SSSR count). The summed E-state index contributed by atoms with van der Waals surface area (Å²) >= 11 is 0. The fourth-order valence-electron chi connectivity index (χ4n) is 1.88. The summed E-state index contributed by atoms with van der Waals surface area (Å²) in [6, 6.07) is 14.1. The van der Waals surface area contributed by atoms with Gasteiger partial charge in [0.05, 0.1) is 0 Å². The standard InChI is InChI=1S/C15H15FO/c1-11-10-13(8-9-14(11)16)15(2,17)12-6-4-3-5-7-12/h3-10,17H,1-2H3. The predicted molar refractivity (Wildman–Crippen MR) is 66.3 cm³/mol. The Morgan fingerprint density at radius 3 is 2.24 bits per heavy atom. The van der Waals surface area contributed by atoms with Gasteiger partial charge < -0.3 is 5.11 Å². The molecule has 0 aliphatic heterocycles. The van der Waals surface area contributed by atoms with E-state index in [-0.39, 0.29) is 5.82 Å². The van der Waals surface area contributed by atoms with Gasteiger partial charge in [0.15, 0.2) is 0 Å². The van der Waals surface area contributed by atoms with Crippen molar-refractivity contribution in [1.29, 1.82) is 0 Å². The van der Waals surface area contributed by atoms with E-state index >= 15 is 0 Å². The van der Waals surface area contributed by atoms with Gasteiger partial charge in [0, 0.05) is 0 Å². The Kier molecular flexibility index (Phi) is 2.99. The Morgan fingerprint density at radius 2 is 1.65 bits per heavy atom. The molecule has 0 amide bonds. The van der Waals surface area contributed by atoms with Crippen LogP contribution in [0.2, 0.25) is 0 Å². The van der Waals surface area contributed by atoms with Crippen LogP contribution >= 0.6 is 0 Å². The first-order chi connectivity index (χ1) is 8.01. The number of benzene rings is 2. The van der Waals surface area contributed by atoms with Gasteiger partial charge in [-0.3, -0.25) is 0 Å². The monoisotopic (exact) mass is 230 g/mol. The first-order valence-corrected chi connectivity index (χ1v) is 5.56. The zero-order valence-electron chi connectivity index (χ0n) is 9.94. The van der Waals surface area contributed by atoms with Gasteiger partial charge in [-0.2, -0.15) is 0 Å². The molecule has 1 nitrogen and oxygen atoms in total. The molecule has 0 spiro atoms. The van der Waals surface area contributed by atoms with Gasteiger partial charge >= 0.3 is 0 Å². The second-order valence-corrected chi connectivity index (χ2v) is 4.40. The molecule has 1 unspecified atom stereocenters. The molecule has 0 saturated heterocycles. The van der Waals surface area contributed by atoms with Gasteiger partial charge in [-0.25, -0.2) is 4.39 Å². The van der Waals surface area contributed by atoms with Gasteiger partial charge in [-0.1, -0.05) is 36.4 Å². The molecular formula is C15H15FO. The molecule has 0 aliphatic rings. The van der Waals surface area contributed by atoms with Crippen LogP contribution < -0.4 is 0 Å². The van der Waals surface area contributed by atoms with Gasteiger partial charge in [0.1, 0.15) is 11.4 Å². The number of hydrogen-bond acceptors (Lipinski definition) is 1. The van der Waals surface area contributed by atoms with E-state index in [1.165, 1.54) is 6.07 Å². The van der Waals surface area contributed by atoms with Crippen LogP contribution in [-0.2, 0) is 5.60 Å². The quantitative estimate of drug-likeness (QED) is 0.838. The number of hydrogen-bond donors (Lipinski definition) is 1. The Morgan fingerprint density at radius 1 is 1.00 bits per heavy atom. The highest BCUT2D eigenvalue weighted by molar-refractivity contribution is 5.37. The zero-order chi connectivity index (χ0) is 12.5. The zero-order valence-corrected chi connectivity index (χ0v) is 9.94. The third-order valence-electron chi connectivity index (χ3n) is 3.06. The second kappa shape index (κ2) is 4.30. The van der Waals surface area contributed by atoms with Crippen LogP contribution in [0.15, 0.2) is 48.5 Å². The second-order valence-electron chi connectivity index (χ2n) is 4.40. The van der Waals surface area contributed by atoms with Crippen molar-refractivity contribution in [3.8, 4) is 0 Å². The summed E-state index contributed by atoms with van der Waals surface area (Å²) in [6.45, 7) is 3.41. The molecule has 1 atom stereocenters. The summed E-state index contributed by atoms with van der Waals surface area (Å²) in [5.74, 6) is -0.252. The van der Waals surface area contributed by atoms with E-state index in [4.69, 9.17) is 0 Å². The first-order valence-electron chi connectivity index (χ1n) is 5.56. The summed E-state index contributed by atoms with van der Waals surface area (Å²) in [5.41, 5.74) is 0.937. The number of halogens is 1. The highest BCUT2D eigenvalue weighted by Crippen LogP contribution is 2.29. The Labute approximate surface area is 101 Å². The fourth-order valence-corrected chi connectivity index (χ4v) is 1.88. The van der Waals surface area contributed by atoms with Gasteiger partial charge in [0.2, 0.25) is 0 Å². The molecule has 1 N–H and O–H groups in total. The molecule has 17 heavy (non-hydrogen) atoms. The Bertz CT molecular complexity index is 518. The first kappa shape index (κ1) is 11.8. The van der Waals surface area contributed by atoms with E-state index in [9.17, 15) is 9.50 Å². The van der Waals surface area contributed by atoms with E-state index < -0.39 is 5.60 Å². The van der Waals surface area contributed by atoms with Crippen molar-refractivity contribution in [2.45, 2.75) is 19.4 Å². The van der Waals surface area contributed by atoms with Crippen LogP contribution in [0.1, 0.15) is 23.6 Å². The third kappa shape index (κ3) is 2.22. The largest absolute Gasteiger partial charge is 0.381 e. The summed E-state index contributed by atoms with van der Waals surface area (Å²) < 4.78 is 13.2. The highest BCUT2D eigenvalue weighted by Gasteiger charge is 2.25. The lowest BCUT2D eigenvalue weighted by atomic mass is 9.87. The summed E-state index contributed by atoms with van der Waals surface area (Å²) in [5, 5.41) is 10.6. The van der Waals surface area contributed by atoms with Gasteiger partial charge in [-0.05, 0) is 42.7 Å². The van der Waals surface area contributed by atoms with Crippen molar-refractivity contribution < 1.29 is 9.50 Å². The lowest BCUT2D eigenvalue weighted by Gasteiger charge is -2.25. The smallest absolute Gasteiger partial charge is 0.126 e. The lowest BCUT2D eigenvalue weighted by molar-refractivity contribution is 0.102. The average molecular weight is 230 g/mol. The molecule has 88 valence electrons. The van der Waals surface area contributed by atoms with Crippen LogP contribution in [0.25, 0.3) is 0 Å². The fraction of sp³-hybridized carbons (Fsp3) is 0.200. The van der Waals surface area contributed by atoms with E-state index in [1.54, 1.807) is 26.0 Å². The number of aliphatic hydroxyl groups is 1. The minimum atomic E-state index is -1.10. The normalized spacial score (nSPS) is 14.4. The average Bonchev–Trinajstić information content (AvgIpc) is 2.33. The van der Waals surface area contributed by atoms with E-state index in [0.717, 1.165) is 5.56 Å². The van der Waals surface area contributed by atoms with Crippen LogP contribution in [0, 0.1) is 12.7 Å². The molecule has 0 bridgehead atoms. The van der Waals surface area contributed by atoms with E-state index in [1.807, 2.05) is 30.3 Å². The molecule has 0 saturated carbocycles. The summed E-state index contributed by atoms with van der Waals surface area (Å²) in [7, 11) is 0. The highest BCUT2D eigenvalue weighted by atomic mass is 19.1. The Hall–Kier alpha value is -1.67. The van der Waals surface area contributed by atoms with Crippen molar-refractivity contribution in [3.05, 3.63) is 71.0 Å². The molecular weight excluding hydrogens is 215 g/mol. The Balaban J connectivity index is 2.48. The molecule has 2 aromatic carbocycles. The van der Waals surface area contributed by atoms with Crippen LogP contribution in [0.4, 0.5) is 4.39 Å². The van der Waals surface area contributed by atoms with Gasteiger partial charge in [-0.15, -0.1) is 0 Å². The summed E-state index contributed by atoms with van der Waals surface area (Å²) in [6.07, 6.45) is 0. The molecule has 2 aromatic rings. The maximum Gasteiger partial charge on any atom is 0.126 e. The van der Waals surface area contributed by atoms with Crippen LogP contribution in [-0.4, -0.2) is 5.11 Å². The molecule has 0 radical (unpaired) electrons. The molecule has 2 heteroatoms. The van der Waals surface area contributed by atoms with Crippen molar-refractivity contribution in [2.75, 3.05) is 0 Å². The van der Waals surface area contributed by atoms with Crippen molar-refractivity contribution in [2.24, 2.45) is 0 Å². The predicted octanol–water partition coefficient (Wildman–Crippen LogP) is 3.39. The summed E-state index contributed by atoms with van der Waals surface area (Å²) in [4.78, 5) is 0. The molecule has 0 fully saturated rings. The van der Waals surface area contributed by atoms with Crippen molar-refractivity contribution in [1.82, 2.24) is 0 Å². The lowest BCUT2D eigenvalue weighted by Crippen LogP contribution is -2.22. The molecule has 0 heterocycles. The number of rotatable bonds is 2. The SMILES string of the molecule is Cc1cc(C(C)(O)c2ccccc2)ccc1F. The van der Waals surface area contributed by atoms with Crippen molar-refractivity contribution in [3.63, 3.8) is 0 Å². The molecule has 0 aliphatic carbocycles. The van der Waals surface area contributed by atoms with Crippen LogP contribution in [0.5, 0.6) is 0 Å². The van der Waals surface area contributed by atoms with Crippen molar-refractivity contribution >= 4 is 0 Å². The minimum absolute atomic E-state index is 0.252. The number of aryl methyl sites for hydroxylation is 1. The van der Waals surface area contributed by atoms with Crippen LogP contribution in [0.3, 0.4) is 0 Å². The maximum absolute atomic E-state index is 13.2. The minimum Gasteiger partial charge on any atom is -0.381 e. The van der Waals surface area contributed by atoms with E-state index in [0.29, 0.717) is 11.1 Å². The maximum atomic E-state index is 13.2. The topological polar surface area (TPSA) is 20.2 Å². The van der Waals surface area contributed by atoms with Gasteiger partial charge in [0.25, 0.3) is 0 Å².